The Morgan fingerprint density at radius 3 is 2.27 bits per heavy atom. The van der Waals surface area contributed by atoms with E-state index in [1.54, 1.807) is 0 Å². The van der Waals surface area contributed by atoms with Gasteiger partial charge in [0.15, 0.2) is 0 Å². The van der Waals surface area contributed by atoms with Gasteiger partial charge in [0.1, 0.15) is 10.7 Å². The molecule has 0 unspecified atom stereocenters. The maximum atomic E-state index is 13.1. The second kappa shape index (κ2) is 7.73. The van der Waals surface area contributed by atoms with Gasteiger partial charge in [0.25, 0.3) is 0 Å². The van der Waals surface area contributed by atoms with Gasteiger partial charge in [0, 0.05) is 12.7 Å². The zero-order valence-electron chi connectivity index (χ0n) is 14.9. The molecule has 2 aromatic carbocycles. The number of anilines is 1. The normalized spacial score (nSPS) is 11.7. The van der Waals surface area contributed by atoms with Crippen molar-refractivity contribution in [2.24, 2.45) is 0 Å². The van der Waals surface area contributed by atoms with Gasteiger partial charge < -0.3 is 5.32 Å². The van der Waals surface area contributed by atoms with E-state index in [2.05, 4.69) is 5.32 Å². The number of halogens is 2. The fourth-order valence-corrected chi connectivity index (χ4v) is 4.32. The van der Waals surface area contributed by atoms with Crippen LogP contribution in [-0.2, 0) is 14.8 Å². The average molecular weight is 399 g/mol. The highest BCUT2D eigenvalue weighted by Gasteiger charge is 2.26. The van der Waals surface area contributed by atoms with Crippen molar-refractivity contribution in [1.82, 2.24) is 4.31 Å². The number of nitrogens with one attached hydrogen (secondary N) is 1. The van der Waals surface area contributed by atoms with Crippen LogP contribution in [0.5, 0.6) is 0 Å². The van der Waals surface area contributed by atoms with E-state index >= 15 is 0 Å². The summed E-state index contributed by atoms with van der Waals surface area (Å²) < 4.78 is 39.2. The Kier molecular flexibility index (Phi) is 6.05. The highest BCUT2D eigenvalue weighted by Crippen LogP contribution is 2.25. The van der Waals surface area contributed by atoms with Crippen LogP contribution < -0.4 is 5.32 Å². The number of rotatable bonds is 5. The maximum Gasteiger partial charge on any atom is 0.244 e. The number of likely N-dealkylation sites (N-methyl/N-ethyl adjacent to an activating group) is 1. The van der Waals surface area contributed by atoms with Crippen LogP contribution in [0.15, 0.2) is 35.2 Å². The monoisotopic (exact) mass is 398 g/mol. The van der Waals surface area contributed by atoms with Gasteiger partial charge >= 0.3 is 0 Å². The lowest BCUT2D eigenvalue weighted by atomic mass is 10.1. The van der Waals surface area contributed by atoms with E-state index in [0.717, 1.165) is 39.2 Å². The number of hydrogen-bond acceptors (Lipinski definition) is 3. The third-order valence-electron chi connectivity index (χ3n) is 3.89. The minimum atomic E-state index is -4.03. The van der Waals surface area contributed by atoms with E-state index in [9.17, 15) is 17.6 Å². The summed E-state index contributed by atoms with van der Waals surface area (Å²) in [5.74, 6) is -1.12. The summed E-state index contributed by atoms with van der Waals surface area (Å²) in [5.41, 5.74) is 3.51. The number of benzene rings is 2. The van der Waals surface area contributed by atoms with Gasteiger partial charge in [0.2, 0.25) is 15.9 Å². The molecule has 0 spiro atoms. The van der Waals surface area contributed by atoms with Crippen molar-refractivity contribution in [2.45, 2.75) is 25.7 Å². The molecule has 0 aliphatic heterocycles. The summed E-state index contributed by atoms with van der Waals surface area (Å²) >= 11 is 5.83. The summed E-state index contributed by atoms with van der Waals surface area (Å²) in [6.45, 7) is 5.30. The average Bonchev–Trinajstić information content (AvgIpc) is 2.50. The van der Waals surface area contributed by atoms with Crippen LogP contribution >= 0.6 is 11.6 Å². The fraction of sp³-hybridized carbons (Fsp3) is 0.278. The number of carbonyl (C=O) groups excluding carboxylic acids is 1. The molecule has 0 bridgehead atoms. The molecule has 2 rings (SSSR count). The highest BCUT2D eigenvalue weighted by atomic mass is 35.5. The number of hydrogen-bond donors (Lipinski definition) is 1. The van der Waals surface area contributed by atoms with Gasteiger partial charge in [-0.15, -0.1) is 0 Å². The highest BCUT2D eigenvalue weighted by molar-refractivity contribution is 7.89. The van der Waals surface area contributed by atoms with Crippen molar-refractivity contribution in [3.05, 3.63) is 57.9 Å². The third kappa shape index (κ3) is 4.41. The SMILES string of the molecule is Cc1cc(C)c(NC(=O)CN(C)S(=O)(=O)c2ccc(F)cc2Cl)c(C)c1. The Hall–Kier alpha value is -1.96. The summed E-state index contributed by atoms with van der Waals surface area (Å²) in [4.78, 5) is 12.1. The zero-order valence-corrected chi connectivity index (χ0v) is 16.5. The number of nitrogens with zero attached hydrogens (tertiary/aromatic N) is 1. The Bertz CT molecular complexity index is 938. The second-order valence-electron chi connectivity index (χ2n) is 6.16. The van der Waals surface area contributed by atoms with Crippen molar-refractivity contribution in [1.29, 1.82) is 0 Å². The molecule has 140 valence electrons. The topological polar surface area (TPSA) is 66.5 Å². The molecule has 0 heterocycles. The van der Waals surface area contributed by atoms with Crippen molar-refractivity contribution < 1.29 is 17.6 Å². The molecule has 2 aromatic rings. The summed E-state index contributed by atoms with van der Waals surface area (Å²) in [6, 6.07) is 6.87. The quantitative estimate of drug-likeness (QED) is 0.835. The van der Waals surface area contributed by atoms with Crippen LogP contribution in [0.4, 0.5) is 10.1 Å². The summed E-state index contributed by atoms with van der Waals surface area (Å²) in [5, 5.41) is 2.51. The molecule has 0 fully saturated rings. The number of carbonyl (C=O) groups is 1. The molecule has 0 aromatic heterocycles. The zero-order chi connectivity index (χ0) is 19.6. The minimum absolute atomic E-state index is 0.234. The lowest BCUT2D eigenvalue weighted by molar-refractivity contribution is -0.116. The van der Waals surface area contributed by atoms with Crippen LogP contribution in [-0.4, -0.2) is 32.2 Å². The summed E-state index contributed by atoms with van der Waals surface area (Å²) in [7, 11) is -2.76. The van der Waals surface area contributed by atoms with E-state index in [-0.39, 0.29) is 9.92 Å². The largest absolute Gasteiger partial charge is 0.324 e. The minimum Gasteiger partial charge on any atom is -0.324 e. The number of sulfonamides is 1. The molecule has 0 atom stereocenters. The molecule has 0 saturated carbocycles. The molecule has 5 nitrogen and oxygen atoms in total. The first-order chi connectivity index (χ1) is 12.0. The summed E-state index contributed by atoms with van der Waals surface area (Å²) in [6.07, 6.45) is 0. The van der Waals surface area contributed by atoms with Crippen molar-refractivity contribution >= 4 is 33.2 Å². The van der Waals surface area contributed by atoms with Crippen LogP contribution in [0.2, 0.25) is 5.02 Å². The van der Waals surface area contributed by atoms with Gasteiger partial charge in [-0.3, -0.25) is 4.79 Å². The second-order valence-corrected chi connectivity index (χ2v) is 8.58. The smallest absolute Gasteiger partial charge is 0.244 e. The molecule has 0 saturated heterocycles. The van der Waals surface area contributed by atoms with Gasteiger partial charge in [-0.05, 0) is 50.1 Å². The third-order valence-corrected chi connectivity index (χ3v) is 6.18. The lowest BCUT2D eigenvalue weighted by Crippen LogP contribution is -2.35. The standard InChI is InChI=1S/C18H20ClFN2O3S/c1-11-7-12(2)18(13(3)8-11)21-17(23)10-22(4)26(24,25)16-6-5-14(20)9-15(16)19/h5-9H,10H2,1-4H3,(H,21,23). The van der Waals surface area contributed by atoms with Crippen LogP contribution in [0.3, 0.4) is 0 Å². The lowest BCUT2D eigenvalue weighted by Gasteiger charge is -2.19. The molecule has 8 heteroatoms. The van der Waals surface area contributed by atoms with Crippen molar-refractivity contribution in [3.8, 4) is 0 Å². The molecular weight excluding hydrogens is 379 g/mol. The van der Waals surface area contributed by atoms with Gasteiger partial charge in [-0.25, -0.2) is 12.8 Å². The first-order valence-corrected chi connectivity index (χ1v) is 9.63. The van der Waals surface area contributed by atoms with E-state index in [0.29, 0.717) is 5.69 Å². The molecule has 0 aliphatic carbocycles. The van der Waals surface area contributed by atoms with E-state index < -0.39 is 28.3 Å². The van der Waals surface area contributed by atoms with Crippen molar-refractivity contribution in [3.63, 3.8) is 0 Å². The molecular formula is C18H20ClFN2O3S. The predicted molar refractivity (Wildman–Crippen MR) is 101 cm³/mol. The van der Waals surface area contributed by atoms with Crippen LogP contribution in [0.25, 0.3) is 0 Å². The van der Waals surface area contributed by atoms with Gasteiger partial charge in [0.05, 0.1) is 11.6 Å². The number of aryl methyl sites for hydroxylation is 3. The Morgan fingerprint density at radius 1 is 1.15 bits per heavy atom. The van der Waals surface area contributed by atoms with E-state index in [4.69, 9.17) is 11.6 Å². The predicted octanol–water partition coefficient (Wildman–Crippen LogP) is 3.66. The fourth-order valence-electron chi connectivity index (χ4n) is 2.70. The van der Waals surface area contributed by atoms with Gasteiger partial charge in [-0.1, -0.05) is 29.3 Å². The molecule has 26 heavy (non-hydrogen) atoms. The first-order valence-electron chi connectivity index (χ1n) is 7.81. The first kappa shape index (κ1) is 20.4. The maximum absolute atomic E-state index is 13.1. The molecule has 1 N–H and O–H groups in total. The van der Waals surface area contributed by atoms with E-state index in [1.807, 2.05) is 32.9 Å². The van der Waals surface area contributed by atoms with Gasteiger partial charge in [-0.2, -0.15) is 4.31 Å². The Morgan fingerprint density at radius 2 is 1.73 bits per heavy atom. The van der Waals surface area contributed by atoms with E-state index in [1.165, 1.54) is 7.05 Å². The Balaban J connectivity index is 2.18. The molecule has 1 amide bonds. The van der Waals surface area contributed by atoms with Crippen molar-refractivity contribution in [2.75, 3.05) is 18.9 Å². The molecule has 0 aliphatic rings. The van der Waals surface area contributed by atoms with Crippen LogP contribution in [0.1, 0.15) is 16.7 Å². The van der Waals surface area contributed by atoms with Crippen LogP contribution in [0, 0.1) is 26.6 Å². The Labute approximate surface area is 157 Å². The number of amides is 1. The molecule has 0 radical (unpaired) electrons.